The molecular formula is C10H17N3O5S2. The average molecular weight is 323 g/mol. The molecule has 1 N–H and O–H groups in total. The molecular weight excluding hydrogens is 306 g/mol. The fourth-order valence-electron chi connectivity index (χ4n) is 1.92. The number of aromatic nitrogens is 2. The first-order chi connectivity index (χ1) is 9.17. The Morgan fingerprint density at radius 1 is 1.50 bits per heavy atom. The van der Waals surface area contributed by atoms with Crippen molar-refractivity contribution in [3.63, 3.8) is 0 Å². The van der Waals surface area contributed by atoms with E-state index < -0.39 is 24.9 Å². The fourth-order valence-corrected chi connectivity index (χ4v) is 3.84. The van der Waals surface area contributed by atoms with Gasteiger partial charge in [-0.25, -0.2) is 16.8 Å². The van der Waals surface area contributed by atoms with Gasteiger partial charge in [0.1, 0.15) is 5.25 Å². The van der Waals surface area contributed by atoms with Crippen molar-refractivity contribution in [2.75, 3.05) is 24.3 Å². The Hall–Kier alpha value is -1.00. The molecule has 0 amide bonds. The fraction of sp³-hybridized carbons (Fsp3) is 0.800. The van der Waals surface area contributed by atoms with E-state index in [9.17, 15) is 16.8 Å². The molecule has 114 valence electrons. The second-order valence-electron chi connectivity index (χ2n) is 4.99. The second-order valence-corrected chi connectivity index (χ2v) is 9.58. The van der Waals surface area contributed by atoms with Crippen LogP contribution in [0.2, 0.25) is 0 Å². The molecule has 1 aliphatic heterocycles. The summed E-state index contributed by atoms with van der Waals surface area (Å²) in [6, 6.07) is -0.282. The van der Waals surface area contributed by atoms with Gasteiger partial charge in [0, 0.05) is 25.3 Å². The van der Waals surface area contributed by atoms with E-state index in [0.29, 0.717) is 6.54 Å². The summed E-state index contributed by atoms with van der Waals surface area (Å²) in [5.41, 5.74) is 0. The lowest BCUT2D eigenvalue weighted by molar-refractivity contribution is 0.356. The van der Waals surface area contributed by atoms with Gasteiger partial charge in [0.25, 0.3) is 0 Å². The Balaban J connectivity index is 2.07. The van der Waals surface area contributed by atoms with Gasteiger partial charge in [-0.1, -0.05) is 5.16 Å². The van der Waals surface area contributed by atoms with Crippen LogP contribution in [0.5, 0.6) is 0 Å². The zero-order valence-corrected chi connectivity index (χ0v) is 12.9. The molecule has 0 aromatic carbocycles. The number of sulfone groups is 2. The normalized spacial score (nSPS) is 24.4. The first kappa shape index (κ1) is 15.4. The van der Waals surface area contributed by atoms with Crippen LogP contribution in [0.1, 0.15) is 23.9 Å². The lowest BCUT2D eigenvalue weighted by Crippen LogP contribution is -2.46. The lowest BCUT2D eigenvalue weighted by Gasteiger charge is -2.21. The van der Waals surface area contributed by atoms with Crippen LogP contribution in [0.3, 0.4) is 0 Å². The van der Waals surface area contributed by atoms with E-state index in [4.69, 9.17) is 4.52 Å². The van der Waals surface area contributed by atoms with Crippen LogP contribution in [0.15, 0.2) is 4.52 Å². The van der Waals surface area contributed by atoms with E-state index in [-0.39, 0.29) is 35.7 Å². The molecule has 0 saturated carbocycles. The van der Waals surface area contributed by atoms with Crippen LogP contribution in [0, 0.1) is 0 Å². The molecule has 2 heterocycles. The molecule has 2 rings (SSSR count). The lowest BCUT2D eigenvalue weighted by atomic mass is 10.2. The summed E-state index contributed by atoms with van der Waals surface area (Å²) in [6.45, 7) is 1.88. The second kappa shape index (κ2) is 5.41. The van der Waals surface area contributed by atoms with E-state index in [2.05, 4.69) is 15.5 Å². The molecule has 0 bridgehead atoms. The maximum atomic E-state index is 11.5. The van der Waals surface area contributed by atoms with E-state index in [0.717, 1.165) is 6.26 Å². The van der Waals surface area contributed by atoms with E-state index in [1.807, 2.05) is 0 Å². The van der Waals surface area contributed by atoms with Crippen molar-refractivity contribution in [2.24, 2.45) is 0 Å². The van der Waals surface area contributed by atoms with Crippen LogP contribution in [0.4, 0.5) is 0 Å². The Morgan fingerprint density at radius 2 is 2.20 bits per heavy atom. The molecule has 20 heavy (non-hydrogen) atoms. The van der Waals surface area contributed by atoms with Gasteiger partial charge in [0.05, 0.1) is 11.5 Å². The molecule has 0 aliphatic carbocycles. The van der Waals surface area contributed by atoms with Gasteiger partial charge < -0.3 is 9.84 Å². The third kappa shape index (κ3) is 3.76. The highest BCUT2D eigenvalue weighted by Crippen LogP contribution is 2.18. The van der Waals surface area contributed by atoms with E-state index >= 15 is 0 Å². The summed E-state index contributed by atoms with van der Waals surface area (Å²) >= 11 is 0. The first-order valence-corrected chi connectivity index (χ1v) is 9.90. The van der Waals surface area contributed by atoms with Gasteiger partial charge in [-0.2, -0.15) is 4.98 Å². The molecule has 1 fully saturated rings. The topological polar surface area (TPSA) is 119 Å². The summed E-state index contributed by atoms with van der Waals surface area (Å²) in [6.07, 6.45) is 1.37. The smallest absolute Gasteiger partial charge is 0.228 e. The van der Waals surface area contributed by atoms with Gasteiger partial charge >= 0.3 is 0 Å². The standard InChI is InChI=1S/C10H17N3O5S2/c1-7(19(2,14)15)10-12-9(18-13-10)5-8-6-20(16,17)4-3-11-8/h7-8,11H,3-6H2,1-2H3. The highest BCUT2D eigenvalue weighted by molar-refractivity contribution is 7.91. The molecule has 1 aliphatic rings. The van der Waals surface area contributed by atoms with Crippen molar-refractivity contribution in [3.8, 4) is 0 Å². The van der Waals surface area contributed by atoms with Crippen LogP contribution in [0.25, 0.3) is 0 Å². The van der Waals surface area contributed by atoms with Gasteiger partial charge in [-0.3, -0.25) is 0 Å². The van der Waals surface area contributed by atoms with E-state index in [1.54, 1.807) is 0 Å². The molecule has 2 unspecified atom stereocenters. The number of hydrogen-bond acceptors (Lipinski definition) is 8. The molecule has 8 nitrogen and oxygen atoms in total. The third-order valence-electron chi connectivity index (χ3n) is 3.21. The minimum Gasteiger partial charge on any atom is -0.339 e. The maximum Gasteiger partial charge on any atom is 0.228 e. The van der Waals surface area contributed by atoms with Gasteiger partial charge in [0.2, 0.25) is 5.89 Å². The quantitative estimate of drug-likeness (QED) is 0.757. The van der Waals surface area contributed by atoms with Crippen molar-refractivity contribution < 1.29 is 21.4 Å². The van der Waals surface area contributed by atoms with Crippen molar-refractivity contribution >= 4 is 19.7 Å². The van der Waals surface area contributed by atoms with Crippen LogP contribution < -0.4 is 5.32 Å². The third-order valence-corrected chi connectivity index (χ3v) is 6.44. The Labute approximate surface area is 117 Å². The zero-order chi connectivity index (χ0) is 15.0. The van der Waals surface area contributed by atoms with Gasteiger partial charge in [-0.15, -0.1) is 0 Å². The van der Waals surface area contributed by atoms with Crippen LogP contribution in [-0.2, 0) is 26.1 Å². The number of nitrogens with zero attached hydrogens (tertiary/aromatic N) is 2. The van der Waals surface area contributed by atoms with E-state index in [1.165, 1.54) is 6.92 Å². The highest BCUT2D eigenvalue weighted by atomic mass is 32.2. The van der Waals surface area contributed by atoms with Gasteiger partial charge in [0.15, 0.2) is 25.5 Å². The zero-order valence-electron chi connectivity index (χ0n) is 11.2. The first-order valence-electron chi connectivity index (χ1n) is 6.12. The van der Waals surface area contributed by atoms with Crippen LogP contribution >= 0.6 is 0 Å². The number of rotatable bonds is 4. The molecule has 10 heteroatoms. The van der Waals surface area contributed by atoms with Gasteiger partial charge in [-0.05, 0) is 6.92 Å². The van der Waals surface area contributed by atoms with Crippen LogP contribution in [-0.4, -0.2) is 57.3 Å². The summed E-state index contributed by atoms with van der Waals surface area (Å²) in [7, 11) is -6.32. The summed E-state index contributed by atoms with van der Waals surface area (Å²) in [4.78, 5) is 4.03. The number of hydrogen-bond donors (Lipinski definition) is 1. The molecule has 0 spiro atoms. The highest BCUT2D eigenvalue weighted by Gasteiger charge is 2.27. The average Bonchev–Trinajstić information content (AvgIpc) is 2.73. The maximum absolute atomic E-state index is 11.5. The predicted molar refractivity (Wildman–Crippen MR) is 71.7 cm³/mol. The Bertz CT molecular complexity index is 680. The van der Waals surface area contributed by atoms with Crippen molar-refractivity contribution in [1.29, 1.82) is 0 Å². The van der Waals surface area contributed by atoms with Crippen molar-refractivity contribution in [2.45, 2.75) is 24.6 Å². The minimum atomic E-state index is -3.29. The molecule has 0 radical (unpaired) electrons. The Kier molecular flexibility index (Phi) is 4.17. The summed E-state index contributed by atoms with van der Waals surface area (Å²) in [5, 5.41) is 5.86. The molecule has 1 aromatic rings. The SMILES string of the molecule is CC(c1noc(CC2CS(=O)(=O)CCN2)n1)S(C)(=O)=O. The van der Waals surface area contributed by atoms with Crippen molar-refractivity contribution in [3.05, 3.63) is 11.7 Å². The largest absolute Gasteiger partial charge is 0.339 e. The molecule has 1 aromatic heterocycles. The number of nitrogens with one attached hydrogen (secondary N) is 1. The summed E-state index contributed by atoms with van der Waals surface area (Å²) in [5.74, 6) is 0.488. The minimum absolute atomic E-state index is 0.0202. The molecule has 2 atom stereocenters. The monoisotopic (exact) mass is 323 g/mol. The molecule has 1 saturated heterocycles. The Morgan fingerprint density at radius 3 is 2.80 bits per heavy atom. The summed E-state index contributed by atoms with van der Waals surface area (Å²) < 4.78 is 50.8. The predicted octanol–water partition coefficient (Wildman–Crippen LogP) is -0.896. The van der Waals surface area contributed by atoms with Crippen molar-refractivity contribution in [1.82, 2.24) is 15.5 Å².